The fourth-order valence-electron chi connectivity index (χ4n) is 1.30. The second-order valence-electron chi connectivity index (χ2n) is 3.58. The molecular formula is C10H19N3OS. The summed E-state index contributed by atoms with van der Waals surface area (Å²) in [6, 6.07) is 0.379. The van der Waals surface area contributed by atoms with Crippen LogP contribution in [0.1, 0.15) is 37.2 Å². The Kier molecular flexibility index (Phi) is 5.11. The van der Waals surface area contributed by atoms with Crippen LogP contribution in [0.3, 0.4) is 0 Å². The Labute approximate surface area is 95.2 Å². The van der Waals surface area contributed by atoms with Crippen LogP contribution < -0.4 is 5.32 Å². The van der Waals surface area contributed by atoms with Crippen LogP contribution in [0.4, 0.5) is 0 Å². The summed E-state index contributed by atoms with van der Waals surface area (Å²) in [5.74, 6) is 1.54. The Balaban J connectivity index is 2.63. The van der Waals surface area contributed by atoms with Gasteiger partial charge in [0, 0.05) is 12.5 Å². The molecule has 4 nitrogen and oxygen atoms in total. The average Bonchev–Trinajstić information content (AvgIpc) is 2.68. The third kappa shape index (κ3) is 3.50. The van der Waals surface area contributed by atoms with Crippen molar-refractivity contribution in [2.45, 2.75) is 38.0 Å². The molecule has 0 aliphatic heterocycles. The highest BCUT2D eigenvalue weighted by Crippen LogP contribution is 2.28. The molecule has 1 aromatic rings. The van der Waals surface area contributed by atoms with Gasteiger partial charge >= 0.3 is 0 Å². The number of likely N-dealkylation sites (N-methyl/N-ethyl adjacent to an activating group) is 1. The molecule has 86 valence electrons. The molecule has 1 heterocycles. The normalized spacial score (nSPS) is 15.2. The van der Waals surface area contributed by atoms with Crippen LogP contribution in [-0.4, -0.2) is 29.5 Å². The van der Waals surface area contributed by atoms with Gasteiger partial charge in [0.05, 0.1) is 5.25 Å². The second-order valence-corrected chi connectivity index (χ2v) is 4.62. The Hall–Kier alpha value is -0.550. The van der Waals surface area contributed by atoms with Gasteiger partial charge < -0.3 is 9.84 Å². The predicted molar refractivity (Wildman–Crippen MR) is 63.1 cm³/mol. The summed E-state index contributed by atoms with van der Waals surface area (Å²) in [4.78, 5) is 4.40. The second kappa shape index (κ2) is 6.12. The van der Waals surface area contributed by atoms with Crippen LogP contribution in [0.25, 0.3) is 0 Å². The van der Waals surface area contributed by atoms with E-state index in [0.717, 1.165) is 24.6 Å². The number of rotatable bonds is 6. The number of hydrogen-bond acceptors (Lipinski definition) is 5. The van der Waals surface area contributed by atoms with Gasteiger partial charge in [0.15, 0.2) is 5.82 Å². The molecular weight excluding hydrogens is 210 g/mol. The van der Waals surface area contributed by atoms with E-state index < -0.39 is 0 Å². The summed E-state index contributed by atoms with van der Waals surface area (Å²) in [7, 11) is 1.93. The van der Waals surface area contributed by atoms with Gasteiger partial charge in [-0.1, -0.05) is 12.1 Å². The minimum absolute atomic E-state index is 0.330. The molecule has 0 saturated carbocycles. The highest BCUT2D eigenvalue weighted by Gasteiger charge is 2.16. The molecule has 0 fully saturated rings. The van der Waals surface area contributed by atoms with E-state index in [9.17, 15) is 0 Å². The molecule has 0 aliphatic rings. The monoisotopic (exact) mass is 229 g/mol. The van der Waals surface area contributed by atoms with Crippen molar-refractivity contribution in [1.29, 1.82) is 0 Å². The Morgan fingerprint density at radius 2 is 2.27 bits per heavy atom. The number of nitrogens with zero attached hydrogens (tertiary/aromatic N) is 2. The van der Waals surface area contributed by atoms with Crippen LogP contribution in [0, 0.1) is 0 Å². The van der Waals surface area contributed by atoms with Crippen LogP contribution >= 0.6 is 11.8 Å². The first-order chi connectivity index (χ1) is 7.21. The molecule has 0 aromatic carbocycles. The molecule has 1 aromatic heterocycles. The summed E-state index contributed by atoms with van der Waals surface area (Å²) in [6.07, 6.45) is 3.89. The van der Waals surface area contributed by atoms with Gasteiger partial charge in [-0.25, -0.2) is 0 Å². The average molecular weight is 229 g/mol. The lowest BCUT2D eigenvalue weighted by Crippen LogP contribution is -2.24. The summed E-state index contributed by atoms with van der Waals surface area (Å²) >= 11 is 1.75. The third-order valence-corrected chi connectivity index (χ3v) is 3.50. The van der Waals surface area contributed by atoms with Crippen molar-refractivity contribution in [2.24, 2.45) is 0 Å². The van der Waals surface area contributed by atoms with E-state index in [1.54, 1.807) is 11.8 Å². The summed E-state index contributed by atoms with van der Waals surface area (Å²) < 4.78 is 5.24. The minimum atomic E-state index is 0.330. The van der Waals surface area contributed by atoms with Crippen molar-refractivity contribution in [1.82, 2.24) is 15.5 Å². The van der Waals surface area contributed by atoms with Crippen molar-refractivity contribution in [3.63, 3.8) is 0 Å². The lowest BCUT2D eigenvalue weighted by Gasteiger charge is -2.05. The van der Waals surface area contributed by atoms with Gasteiger partial charge in [0.2, 0.25) is 5.89 Å². The SMILES string of the molecule is CCC(SC)c1nc(CC(C)NC)no1. The topological polar surface area (TPSA) is 51.0 Å². The van der Waals surface area contributed by atoms with Crippen molar-refractivity contribution < 1.29 is 4.52 Å². The fourth-order valence-corrected chi connectivity index (χ4v) is 1.93. The lowest BCUT2D eigenvalue weighted by atomic mass is 10.2. The largest absolute Gasteiger partial charge is 0.338 e. The van der Waals surface area contributed by atoms with Gasteiger partial charge in [-0.3, -0.25) is 0 Å². The van der Waals surface area contributed by atoms with Crippen LogP contribution in [0.2, 0.25) is 0 Å². The summed E-state index contributed by atoms with van der Waals surface area (Å²) in [5, 5.41) is 7.46. The molecule has 2 unspecified atom stereocenters. The fraction of sp³-hybridized carbons (Fsp3) is 0.800. The highest BCUT2D eigenvalue weighted by molar-refractivity contribution is 7.98. The lowest BCUT2D eigenvalue weighted by molar-refractivity contribution is 0.368. The van der Waals surface area contributed by atoms with Gasteiger partial charge in [-0.05, 0) is 26.6 Å². The Morgan fingerprint density at radius 3 is 2.80 bits per heavy atom. The van der Waals surface area contributed by atoms with E-state index in [2.05, 4.69) is 35.6 Å². The van der Waals surface area contributed by atoms with Crippen molar-refractivity contribution in [3.8, 4) is 0 Å². The number of hydrogen-bond donors (Lipinski definition) is 1. The van der Waals surface area contributed by atoms with Crippen molar-refractivity contribution in [2.75, 3.05) is 13.3 Å². The minimum Gasteiger partial charge on any atom is -0.338 e. The van der Waals surface area contributed by atoms with Crippen LogP contribution in [0.15, 0.2) is 4.52 Å². The first-order valence-electron chi connectivity index (χ1n) is 5.23. The van der Waals surface area contributed by atoms with E-state index in [4.69, 9.17) is 4.52 Å². The first kappa shape index (κ1) is 12.5. The maximum Gasteiger partial charge on any atom is 0.239 e. The van der Waals surface area contributed by atoms with Gasteiger partial charge in [-0.15, -0.1) is 0 Å². The molecule has 1 rings (SSSR count). The first-order valence-corrected chi connectivity index (χ1v) is 6.52. The highest BCUT2D eigenvalue weighted by atomic mass is 32.2. The maximum absolute atomic E-state index is 5.24. The molecule has 0 spiro atoms. The molecule has 2 atom stereocenters. The molecule has 5 heteroatoms. The van der Waals surface area contributed by atoms with E-state index in [0.29, 0.717) is 11.3 Å². The standard InChI is InChI=1S/C10H19N3OS/c1-5-8(15-4)10-12-9(13-14-10)6-7(2)11-3/h7-8,11H,5-6H2,1-4H3. The van der Waals surface area contributed by atoms with E-state index >= 15 is 0 Å². The van der Waals surface area contributed by atoms with E-state index in [1.165, 1.54) is 0 Å². The number of aromatic nitrogens is 2. The molecule has 0 radical (unpaired) electrons. The van der Waals surface area contributed by atoms with Crippen LogP contribution in [0.5, 0.6) is 0 Å². The zero-order chi connectivity index (χ0) is 11.3. The van der Waals surface area contributed by atoms with Crippen LogP contribution in [-0.2, 0) is 6.42 Å². The Morgan fingerprint density at radius 1 is 1.53 bits per heavy atom. The van der Waals surface area contributed by atoms with Gasteiger partial charge in [0.25, 0.3) is 0 Å². The zero-order valence-corrected chi connectivity index (χ0v) is 10.6. The van der Waals surface area contributed by atoms with E-state index in [1.807, 2.05) is 7.05 Å². The molecule has 0 amide bonds. The summed E-state index contributed by atoms with van der Waals surface area (Å²) in [5.41, 5.74) is 0. The maximum atomic E-state index is 5.24. The molecule has 0 bridgehead atoms. The Bertz CT molecular complexity index is 286. The smallest absolute Gasteiger partial charge is 0.239 e. The summed E-state index contributed by atoms with van der Waals surface area (Å²) in [6.45, 7) is 4.23. The molecule has 1 N–H and O–H groups in total. The van der Waals surface area contributed by atoms with Gasteiger partial charge in [-0.2, -0.15) is 16.7 Å². The van der Waals surface area contributed by atoms with E-state index in [-0.39, 0.29) is 0 Å². The zero-order valence-electron chi connectivity index (χ0n) is 9.78. The van der Waals surface area contributed by atoms with Crippen molar-refractivity contribution in [3.05, 3.63) is 11.7 Å². The molecule has 0 aliphatic carbocycles. The van der Waals surface area contributed by atoms with Crippen molar-refractivity contribution >= 4 is 11.8 Å². The van der Waals surface area contributed by atoms with Gasteiger partial charge in [0.1, 0.15) is 0 Å². The number of thioether (sulfide) groups is 1. The quantitative estimate of drug-likeness (QED) is 0.809. The number of nitrogens with one attached hydrogen (secondary N) is 1. The molecule has 0 saturated heterocycles. The predicted octanol–water partition coefficient (Wildman–Crippen LogP) is 2.03. The third-order valence-electron chi connectivity index (χ3n) is 2.40. The molecule has 15 heavy (non-hydrogen) atoms.